The quantitative estimate of drug-likeness (QED) is 0.777. The van der Waals surface area contributed by atoms with Crippen molar-refractivity contribution in [3.8, 4) is 17.1 Å². The fourth-order valence-corrected chi connectivity index (χ4v) is 3.75. The summed E-state index contributed by atoms with van der Waals surface area (Å²) in [5.74, 6) is 0.854. The summed E-state index contributed by atoms with van der Waals surface area (Å²) < 4.78 is 1.99. The summed E-state index contributed by atoms with van der Waals surface area (Å²) in [7, 11) is 0. The Labute approximate surface area is 157 Å². The Bertz CT molecular complexity index is 1020. The van der Waals surface area contributed by atoms with Crippen LogP contribution in [0.15, 0.2) is 48.8 Å². The maximum atomic E-state index is 12.3. The molecule has 1 fully saturated rings. The smallest absolute Gasteiger partial charge is 0.246 e. The molecule has 1 N–H and O–H groups in total. The van der Waals surface area contributed by atoms with Gasteiger partial charge in [0.25, 0.3) is 0 Å². The van der Waals surface area contributed by atoms with Crippen molar-refractivity contribution in [2.24, 2.45) is 0 Å². The molecule has 6 nitrogen and oxygen atoms in total. The van der Waals surface area contributed by atoms with Crippen molar-refractivity contribution in [3.05, 3.63) is 54.4 Å². The lowest BCUT2D eigenvalue weighted by Crippen LogP contribution is -2.47. The molecule has 3 aromatic rings. The zero-order valence-electron chi connectivity index (χ0n) is 15.4. The first-order valence-corrected chi connectivity index (χ1v) is 9.32. The van der Waals surface area contributed by atoms with Crippen LogP contribution in [0, 0.1) is 6.92 Å². The number of aryl methyl sites for hydroxylation is 1. The van der Waals surface area contributed by atoms with Gasteiger partial charge in [-0.1, -0.05) is 17.7 Å². The number of carbonyl (C=O) groups is 1. The van der Waals surface area contributed by atoms with Crippen molar-refractivity contribution in [1.82, 2.24) is 14.8 Å². The van der Waals surface area contributed by atoms with Gasteiger partial charge >= 0.3 is 0 Å². The molecule has 6 heteroatoms. The van der Waals surface area contributed by atoms with E-state index in [1.807, 2.05) is 23.6 Å². The average Bonchev–Trinajstić information content (AvgIpc) is 3.38. The Kier molecular flexibility index (Phi) is 3.53. The van der Waals surface area contributed by atoms with E-state index in [-0.39, 0.29) is 11.9 Å². The van der Waals surface area contributed by atoms with Crippen LogP contribution in [0.2, 0.25) is 0 Å². The van der Waals surface area contributed by atoms with E-state index < -0.39 is 0 Å². The van der Waals surface area contributed by atoms with E-state index in [0.717, 1.165) is 41.3 Å². The van der Waals surface area contributed by atoms with Crippen LogP contribution >= 0.6 is 0 Å². The van der Waals surface area contributed by atoms with E-state index in [9.17, 15) is 4.79 Å². The molecule has 0 spiro atoms. The number of amides is 1. The third kappa shape index (κ3) is 2.68. The number of anilines is 2. The van der Waals surface area contributed by atoms with Crippen LogP contribution in [0.3, 0.4) is 0 Å². The van der Waals surface area contributed by atoms with Crippen molar-refractivity contribution in [1.29, 1.82) is 0 Å². The molecule has 2 aromatic carbocycles. The summed E-state index contributed by atoms with van der Waals surface area (Å²) >= 11 is 0. The molecular weight excluding hydrogens is 338 g/mol. The highest BCUT2D eigenvalue weighted by molar-refractivity contribution is 6.04. The molecule has 5 rings (SSSR count). The summed E-state index contributed by atoms with van der Waals surface area (Å²) in [6.45, 7) is 4.04. The predicted octanol–water partition coefficient (Wildman–Crippen LogP) is 3.55. The summed E-state index contributed by atoms with van der Waals surface area (Å²) in [5, 5.41) is 11.5. The first kappa shape index (κ1) is 16.1. The van der Waals surface area contributed by atoms with Gasteiger partial charge in [0, 0.05) is 17.3 Å². The minimum Gasteiger partial charge on any atom is -0.355 e. The Morgan fingerprint density at radius 2 is 1.89 bits per heavy atom. The largest absolute Gasteiger partial charge is 0.355 e. The molecule has 1 saturated carbocycles. The maximum Gasteiger partial charge on any atom is 0.246 e. The second-order valence-corrected chi connectivity index (χ2v) is 7.40. The second-order valence-electron chi connectivity index (χ2n) is 7.40. The minimum absolute atomic E-state index is 0.0602. The number of carbonyl (C=O) groups excluding carboxylic acids is 1. The van der Waals surface area contributed by atoms with E-state index in [4.69, 9.17) is 0 Å². The standard InChI is InChI=1S/C21H21N5O/c1-13-3-6-16(7-4-13)25-12-22-24-20(25)15-5-10-18-19(11-15)26(17-8-9-17)14(2)21(27)23-18/h3-7,10-12,14,17H,8-9H2,1-2H3,(H,23,27). The first-order valence-electron chi connectivity index (χ1n) is 9.32. The number of nitrogens with one attached hydrogen (secondary N) is 1. The second kappa shape index (κ2) is 5.94. The highest BCUT2D eigenvalue weighted by atomic mass is 16.2. The van der Waals surface area contributed by atoms with Crippen molar-refractivity contribution < 1.29 is 4.79 Å². The lowest BCUT2D eigenvalue weighted by molar-refractivity contribution is -0.117. The van der Waals surface area contributed by atoms with Gasteiger partial charge in [-0.15, -0.1) is 10.2 Å². The van der Waals surface area contributed by atoms with Crippen molar-refractivity contribution in [2.45, 2.75) is 38.8 Å². The van der Waals surface area contributed by atoms with E-state index in [1.165, 1.54) is 5.56 Å². The lowest BCUT2D eigenvalue weighted by Gasteiger charge is -2.36. The van der Waals surface area contributed by atoms with Crippen LogP contribution in [0.4, 0.5) is 11.4 Å². The van der Waals surface area contributed by atoms with Crippen LogP contribution in [-0.2, 0) is 4.79 Å². The summed E-state index contributed by atoms with van der Waals surface area (Å²) in [6, 6.07) is 14.7. The van der Waals surface area contributed by atoms with Gasteiger partial charge in [-0.25, -0.2) is 0 Å². The highest BCUT2D eigenvalue weighted by Gasteiger charge is 2.39. The molecule has 1 aliphatic carbocycles. The Balaban J connectivity index is 1.59. The Morgan fingerprint density at radius 1 is 1.11 bits per heavy atom. The first-order chi connectivity index (χ1) is 13.1. The monoisotopic (exact) mass is 359 g/mol. The number of hydrogen-bond acceptors (Lipinski definition) is 4. The van der Waals surface area contributed by atoms with Gasteiger partial charge in [-0.2, -0.15) is 0 Å². The van der Waals surface area contributed by atoms with Crippen molar-refractivity contribution >= 4 is 17.3 Å². The van der Waals surface area contributed by atoms with E-state index in [0.29, 0.717) is 6.04 Å². The van der Waals surface area contributed by atoms with Gasteiger partial charge < -0.3 is 10.2 Å². The number of benzene rings is 2. The molecule has 2 heterocycles. The summed E-state index contributed by atoms with van der Waals surface area (Å²) in [4.78, 5) is 14.6. The molecule has 0 bridgehead atoms. The third-order valence-electron chi connectivity index (χ3n) is 5.39. The Hall–Kier alpha value is -3.15. The van der Waals surface area contributed by atoms with Crippen LogP contribution in [0.25, 0.3) is 17.1 Å². The zero-order valence-corrected chi connectivity index (χ0v) is 15.4. The molecule has 0 radical (unpaired) electrons. The zero-order chi connectivity index (χ0) is 18.5. The molecule has 1 aliphatic heterocycles. The number of hydrogen-bond donors (Lipinski definition) is 1. The highest BCUT2D eigenvalue weighted by Crippen LogP contribution is 2.42. The van der Waals surface area contributed by atoms with Gasteiger partial charge in [0.2, 0.25) is 5.91 Å². The fourth-order valence-electron chi connectivity index (χ4n) is 3.75. The SMILES string of the molecule is Cc1ccc(-n2cnnc2-c2ccc3c(c2)N(C2CC2)C(C)C(=O)N3)cc1. The molecule has 1 unspecified atom stereocenters. The molecular formula is C21H21N5O. The van der Waals surface area contributed by atoms with Gasteiger partial charge in [0.1, 0.15) is 12.4 Å². The molecule has 1 atom stereocenters. The van der Waals surface area contributed by atoms with Crippen LogP contribution in [-0.4, -0.2) is 32.8 Å². The van der Waals surface area contributed by atoms with E-state index in [2.05, 4.69) is 57.7 Å². The van der Waals surface area contributed by atoms with Crippen molar-refractivity contribution in [2.75, 3.05) is 10.2 Å². The maximum absolute atomic E-state index is 12.3. The fraction of sp³-hybridized carbons (Fsp3) is 0.286. The van der Waals surface area contributed by atoms with Gasteiger partial charge in [-0.3, -0.25) is 9.36 Å². The van der Waals surface area contributed by atoms with Crippen LogP contribution in [0.1, 0.15) is 25.3 Å². The van der Waals surface area contributed by atoms with Crippen LogP contribution in [0.5, 0.6) is 0 Å². The van der Waals surface area contributed by atoms with Gasteiger partial charge in [0.05, 0.1) is 11.4 Å². The minimum atomic E-state index is -0.157. The molecule has 1 aromatic heterocycles. The topological polar surface area (TPSA) is 63.1 Å². The summed E-state index contributed by atoms with van der Waals surface area (Å²) in [5.41, 5.74) is 5.17. The predicted molar refractivity (Wildman–Crippen MR) is 105 cm³/mol. The number of aromatic nitrogens is 3. The van der Waals surface area contributed by atoms with Crippen LogP contribution < -0.4 is 10.2 Å². The lowest BCUT2D eigenvalue weighted by atomic mass is 10.1. The number of nitrogens with zero attached hydrogens (tertiary/aromatic N) is 4. The van der Waals surface area contributed by atoms with E-state index >= 15 is 0 Å². The molecule has 27 heavy (non-hydrogen) atoms. The average molecular weight is 359 g/mol. The van der Waals surface area contributed by atoms with Gasteiger partial charge in [0.15, 0.2) is 5.82 Å². The molecule has 2 aliphatic rings. The van der Waals surface area contributed by atoms with E-state index in [1.54, 1.807) is 6.33 Å². The normalized spacial score (nSPS) is 19.0. The number of rotatable bonds is 3. The molecule has 1 amide bonds. The molecule has 0 saturated heterocycles. The molecule has 136 valence electrons. The number of fused-ring (bicyclic) bond motifs is 1. The van der Waals surface area contributed by atoms with Gasteiger partial charge in [-0.05, 0) is 57.0 Å². The Morgan fingerprint density at radius 3 is 2.63 bits per heavy atom. The summed E-state index contributed by atoms with van der Waals surface area (Å²) in [6.07, 6.45) is 4.02. The third-order valence-corrected chi connectivity index (χ3v) is 5.39. The van der Waals surface area contributed by atoms with Crippen molar-refractivity contribution in [3.63, 3.8) is 0 Å².